The highest BCUT2D eigenvalue weighted by Crippen LogP contribution is 2.27. The maximum atomic E-state index is 13.1. The predicted molar refractivity (Wildman–Crippen MR) is 322 cm³/mol. The van der Waals surface area contributed by atoms with E-state index in [2.05, 4.69) is 69.4 Å². The first-order valence-corrected chi connectivity index (χ1v) is 32.6. The number of hydrogen-bond acceptors (Lipinski definition) is 11. The van der Waals surface area contributed by atoms with Gasteiger partial charge in [0.1, 0.15) is 18.8 Å². The van der Waals surface area contributed by atoms with Gasteiger partial charge < -0.3 is 39.0 Å². The number of hydrogen-bond donors (Lipinski definition) is 3. The fourth-order valence-corrected chi connectivity index (χ4v) is 9.83. The molecule has 0 aliphatic carbocycles. The highest BCUT2D eigenvalue weighted by molar-refractivity contribution is 5.74. The summed E-state index contributed by atoms with van der Waals surface area (Å²) in [6.07, 6.45) is 55.1. The number of aliphatic hydroxyl groups is 2. The van der Waals surface area contributed by atoms with Crippen LogP contribution in [0.2, 0.25) is 0 Å². The Hall–Kier alpha value is -3.32. The molecule has 1 saturated heterocycles. The van der Waals surface area contributed by atoms with E-state index in [4.69, 9.17) is 23.7 Å². The Labute approximate surface area is 482 Å². The average molecular weight is 1120 g/mol. The third-order valence-corrected chi connectivity index (χ3v) is 14.9. The lowest BCUT2D eigenvalue weighted by Crippen LogP contribution is -2.61. The largest absolute Gasteiger partial charge is 0.479 e. The third kappa shape index (κ3) is 45.0. The fraction of sp³-hybridized carbons (Fsp3) is 0.821. The predicted octanol–water partition coefficient (Wildman–Crippen LogP) is 17.3. The number of rotatable bonds is 56. The van der Waals surface area contributed by atoms with Gasteiger partial charge in [-0.25, -0.2) is 4.79 Å². The number of carboxylic acids is 1. The molecule has 12 heteroatoms. The van der Waals surface area contributed by atoms with E-state index < -0.39 is 67.3 Å². The maximum Gasteiger partial charge on any atom is 0.335 e. The SMILES string of the molecule is CCCC/C=C\CCCCCCCC(=O)OC(COC(=O)CCCCCCCC/C=C\C/C=C\C/C=C\CCCCC)COC1OC(C(=O)O)C(O)C(O)C1OC(=O)CCCCCCCCCCCCCCCCCCCCC. The Morgan fingerprint density at radius 2 is 0.772 bits per heavy atom. The molecule has 0 bridgehead atoms. The van der Waals surface area contributed by atoms with Crippen LogP contribution >= 0.6 is 0 Å². The number of carbonyl (C=O) groups excluding carboxylic acids is 3. The van der Waals surface area contributed by atoms with Crippen molar-refractivity contribution < 1.29 is 58.2 Å². The first kappa shape index (κ1) is 73.7. The molecule has 0 aromatic carbocycles. The molecule has 6 atom stereocenters. The third-order valence-electron chi connectivity index (χ3n) is 14.9. The van der Waals surface area contributed by atoms with E-state index in [0.29, 0.717) is 19.3 Å². The van der Waals surface area contributed by atoms with Crippen molar-refractivity contribution in [2.24, 2.45) is 0 Å². The molecule has 0 aromatic rings. The van der Waals surface area contributed by atoms with Crippen molar-refractivity contribution in [3.63, 3.8) is 0 Å². The summed E-state index contributed by atoms with van der Waals surface area (Å²) in [6, 6.07) is 0. The first-order chi connectivity index (χ1) is 38.6. The van der Waals surface area contributed by atoms with Crippen LogP contribution in [0, 0.1) is 0 Å². The second kappa shape index (κ2) is 55.2. The van der Waals surface area contributed by atoms with Crippen LogP contribution in [-0.2, 0) is 42.9 Å². The summed E-state index contributed by atoms with van der Waals surface area (Å²) in [6.45, 7) is 5.95. The van der Waals surface area contributed by atoms with Crippen molar-refractivity contribution in [2.75, 3.05) is 13.2 Å². The molecule has 1 heterocycles. The lowest BCUT2D eigenvalue weighted by molar-refractivity contribution is -0.301. The number of esters is 3. The molecule has 12 nitrogen and oxygen atoms in total. The van der Waals surface area contributed by atoms with Gasteiger partial charge in [-0.2, -0.15) is 0 Å². The lowest BCUT2D eigenvalue weighted by Gasteiger charge is -2.40. The van der Waals surface area contributed by atoms with Crippen molar-refractivity contribution in [1.29, 1.82) is 0 Å². The van der Waals surface area contributed by atoms with Crippen molar-refractivity contribution in [3.05, 3.63) is 48.6 Å². The van der Waals surface area contributed by atoms with E-state index in [1.807, 2.05) is 0 Å². The molecule has 0 aromatic heterocycles. The van der Waals surface area contributed by atoms with Gasteiger partial charge in [0.2, 0.25) is 0 Å². The molecule has 1 aliphatic rings. The second-order valence-corrected chi connectivity index (χ2v) is 22.4. The van der Waals surface area contributed by atoms with Gasteiger partial charge in [-0.1, -0.05) is 256 Å². The summed E-state index contributed by atoms with van der Waals surface area (Å²) in [5, 5.41) is 31.6. The van der Waals surface area contributed by atoms with E-state index in [1.165, 1.54) is 135 Å². The van der Waals surface area contributed by atoms with Gasteiger partial charge in [0.25, 0.3) is 0 Å². The second-order valence-electron chi connectivity index (χ2n) is 22.4. The summed E-state index contributed by atoms with van der Waals surface area (Å²) in [7, 11) is 0. The molecule has 79 heavy (non-hydrogen) atoms. The number of ether oxygens (including phenoxy) is 5. The number of aliphatic hydroxyl groups excluding tert-OH is 2. The van der Waals surface area contributed by atoms with Gasteiger partial charge in [0.05, 0.1) is 6.61 Å². The van der Waals surface area contributed by atoms with Crippen molar-refractivity contribution in [3.8, 4) is 0 Å². The van der Waals surface area contributed by atoms with Gasteiger partial charge in [0, 0.05) is 19.3 Å². The summed E-state index contributed by atoms with van der Waals surface area (Å²) in [4.78, 5) is 51.2. The van der Waals surface area contributed by atoms with Crippen molar-refractivity contribution in [1.82, 2.24) is 0 Å². The van der Waals surface area contributed by atoms with Crippen LogP contribution < -0.4 is 0 Å². The Bertz CT molecular complexity index is 1560. The molecule has 1 aliphatic heterocycles. The molecular formula is C67H118O12. The molecule has 0 amide bonds. The number of allylic oxidation sites excluding steroid dienone is 8. The van der Waals surface area contributed by atoms with Crippen LogP contribution in [0.15, 0.2) is 48.6 Å². The van der Waals surface area contributed by atoms with Crippen LogP contribution in [0.4, 0.5) is 0 Å². The van der Waals surface area contributed by atoms with Crippen molar-refractivity contribution in [2.45, 2.75) is 340 Å². The minimum Gasteiger partial charge on any atom is -0.479 e. The highest BCUT2D eigenvalue weighted by atomic mass is 16.7. The topological polar surface area (TPSA) is 175 Å². The van der Waals surface area contributed by atoms with Gasteiger partial charge in [-0.3, -0.25) is 14.4 Å². The lowest BCUT2D eigenvalue weighted by atomic mass is 9.98. The molecule has 0 radical (unpaired) electrons. The van der Waals surface area contributed by atoms with Crippen LogP contribution in [-0.4, -0.2) is 89.2 Å². The van der Waals surface area contributed by atoms with Crippen molar-refractivity contribution >= 4 is 23.9 Å². The highest BCUT2D eigenvalue weighted by Gasteiger charge is 2.50. The first-order valence-electron chi connectivity index (χ1n) is 32.6. The van der Waals surface area contributed by atoms with Gasteiger partial charge >= 0.3 is 23.9 Å². The van der Waals surface area contributed by atoms with Crippen LogP contribution in [0.5, 0.6) is 0 Å². The summed E-state index contributed by atoms with van der Waals surface area (Å²) < 4.78 is 28.5. The number of carboxylic acid groups (broad SMARTS) is 1. The van der Waals surface area contributed by atoms with Crippen LogP contribution in [0.25, 0.3) is 0 Å². The molecular weight excluding hydrogens is 997 g/mol. The number of unbranched alkanes of at least 4 members (excludes halogenated alkanes) is 34. The number of carbonyl (C=O) groups is 4. The summed E-state index contributed by atoms with van der Waals surface area (Å²) >= 11 is 0. The van der Waals surface area contributed by atoms with Gasteiger partial charge in [0.15, 0.2) is 24.6 Å². The fourth-order valence-electron chi connectivity index (χ4n) is 9.83. The normalized spacial score (nSPS) is 18.1. The zero-order valence-corrected chi connectivity index (χ0v) is 50.6. The summed E-state index contributed by atoms with van der Waals surface area (Å²) in [5.74, 6) is -3.12. The zero-order valence-electron chi connectivity index (χ0n) is 50.6. The van der Waals surface area contributed by atoms with E-state index >= 15 is 0 Å². The minimum absolute atomic E-state index is 0.0629. The van der Waals surface area contributed by atoms with E-state index in [9.17, 15) is 34.5 Å². The zero-order chi connectivity index (χ0) is 57.5. The monoisotopic (exact) mass is 1110 g/mol. The molecule has 3 N–H and O–H groups in total. The Kier molecular flexibility index (Phi) is 51.5. The summed E-state index contributed by atoms with van der Waals surface area (Å²) in [5.41, 5.74) is 0. The van der Waals surface area contributed by atoms with E-state index in [1.54, 1.807) is 0 Å². The molecule has 6 unspecified atom stereocenters. The standard InChI is InChI=1S/C67H118O12/c1-4-7-10-13-16-19-22-24-26-28-30-32-34-36-39-41-44-47-50-53-59(68)75-56-58(77-60(69)54-51-48-45-42-38-21-18-15-12-9-6-3)57-76-67-65(63(72)62(71)64(79-67)66(73)74)78-61(70)55-52-49-46-43-40-37-35-33-31-29-27-25-23-20-17-14-11-8-5-2/h15-16,18-19,24,26,30,32,58,62-65,67,71-72H,4-14,17,20-23,25,27-29,31,33-57H2,1-3H3,(H,73,74)/b18-15-,19-16-,26-24-,32-30-. The van der Waals surface area contributed by atoms with Gasteiger partial charge in [-0.05, 0) is 77.0 Å². The Morgan fingerprint density at radius 3 is 1.23 bits per heavy atom. The molecule has 1 fully saturated rings. The van der Waals surface area contributed by atoms with E-state index in [-0.39, 0.29) is 25.9 Å². The molecule has 0 saturated carbocycles. The Morgan fingerprint density at radius 1 is 0.418 bits per heavy atom. The number of aliphatic carboxylic acids is 1. The molecule has 458 valence electrons. The molecule has 0 spiro atoms. The van der Waals surface area contributed by atoms with Gasteiger partial charge in [-0.15, -0.1) is 0 Å². The maximum absolute atomic E-state index is 13.1. The molecule has 1 rings (SSSR count). The quantitative estimate of drug-likeness (QED) is 0.0228. The van der Waals surface area contributed by atoms with E-state index in [0.717, 1.165) is 109 Å². The smallest absolute Gasteiger partial charge is 0.335 e. The average Bonchev–Trinajstić information content (AvgIpc) is 3.47. The minimum atomic E-state index is -1.90. The van der Waals surface area contributed by atoms with Crippen LogP contribution in [0.3, 0.4) is 0 Å². The Balaban J connectivity index is 2.61. The van der Waals surface area contributed by atoms with Crippen LogP contribution in [0.1, 0.15) is 303 Å².